The normalized spacial score (nSPS) is 19.3. The van der Waals surface area contributed by atoms with Gasteiger partial charge in [0.05, 0.1) is 4.90 Å². The van der Waals surface area contributed by atoms with E-state index in [1.54, 1.807) is 21.9 Å². The molecule has 0 spiro atoms. The van der Waals surface area contributed by atoms with E-state index in [1.807, 2.05) is 37.3 Å². The number of nitrogens with zero attached hydrogens (tertiary/aromatic N) is 2. The quantitative estimate of drug-likeness (QED) is 0.705. The van der Waals surface area contributed by atoms with E-state index >= 15 is 0 Å². The minimum Gasteiger partial charge on any atom is -0.341 e. The van der Waals surface area contributed by atoms with Gasteiger partial charge in [-0.1, -0.05) is 30.3 Å². The number of benzene rings is 2. The maximum Gasteiger partial charge on any atom is 0.241 e. The highest BCUT2D eigenvalue weighted by atomic mass is 32.2. The third-order valence-corrected chi connectivity index (χ3v) is 7.93. The van der Waals surface area contributed by atoms with Gasteiger partial charge in [-0.3, -0.25) is 9.59 Å². The lowest BCUT2D eigenvalue weighted by Gasteiger charge is -2.30. The monoisotopic (exact) mass is 469 g/mol. The number of hydrogen-bond acceptors (Lipinski definition) is 4. The Hall–Kier alpha value is -2.71. The van der Waals surface area contributed by atoms with Gasteiger partial charge in [0.2, 0.25) is 21.8 Å². The molecule has 2 atom stereocenters. The molecular formula is C25H31N3O4S. The molecule has 1 saturated heterocycles. The second kappa shape index (κ2) is 9.65. The molecule has 0 bridgehead atoms. The summed E-state index contributed by atoms with van der Waals surface area (Å²) in [6.07, 6.45) is 3.84. The zero-order chi connectivity index (χ0) is 23.6. The van der Waals surface area contributed by atoms with E-state index in [2.05, 4.69) is 4.72 Å². The number of anilines is 1. The van der Waals surface area contributed by atoms with Gasteiger partial charge in [0.25, 0.3) is 0 Å². The van der Waals surface area contributed by atoms with Crippen molar-refractivity contribution in [3.05, 3.63) is 59.7 Å². The number of nitrogens with one attached hydrogen (secondary N) is 1. The largest absolute Gasteiger partial charge is 0.341 e. The van der Waals surface area contributed by atoms with Gasteiger partial charge < -0.3 is 9.80 Å². The molecule has 1 N–H and O–H groups in total. The first-order valence-electron chi connectivity index (χ1n) is 11.5. The van der Waals surface area contributed by atoms with Crippen molar-refractivity contribution >= 4 is 27.5 Å². The van der Waals surface area contributed by atoms with Gasteiger partial charge in [0.15, 0.2) is 0 Å². The van der Waals surface area contributed by atoms with Crippen LogP contribution in [-0.2, 0) is 32.5 Å². The van der Waals surface area contributed by atoms with Crippen LogP contribution in [0.25, 0.3) is 0 Å². The Balaban J connectivity index is 1.60. The Kier molecular flexibility index (Phi) is 6.86. The Morgan fingerprint density at radius 3 is 2.42 bits per heavy atom. The summed E-state index contributed by atoms with van der Waals surface area (Å²) >= 11 is 0. The molecule has 2 aromatic carbocycles. The van der Waals surface area contributed by atoms with Crippen LogP contribution in [0.2, 0.25) is 0 Å². The number of rotatable bonds is 6. The fraction of sp³-hybridized carbons (Fsp3) is 0.440. The van der Waals surface area contributed by atoms with E-state index in [0.29, 0.717) is 19.5 Å². The first-order valence-corrected chi connectivity index (χ1v) is 13.0. The number of carbonyl (C=O) groups is 2. The number of fused-ring (bicyclic) bond motifs is 1. The van der Waals surface area contributed by atoms with E-state index in [4.69, 9.17) is 0 Å². The van der Waals surface area contributed by atoms with Gasteiger partial charge in [0.1, 0.15) is 6.04 Å². The molecule has 2 amide bonds. The van der Waals surface area contributed by atoms with Gasteiger partial charge in [-0.25, -0.2) is 8.42 Å². The molecule has 0 aromatic heterocycles. The number of likely N-dealkylation sites (tertiary alicyclic amines) is 1. The molecule has 0 saturated carbocycles. The van der Waals surface area contributed by atoms with Crippen LogP contribution in [-0.4, -0.2) is 50.3 Å². The van der Waals surface area contributed by atoms with Crippen molar-refractivity contribution in [2.24, 2.45) is 0 Å². The Morgan fingerprint density at radius 1 is 1.06 bits per heavy atom. The summed E-state index contributed by atoms with van der Waals surface area (Å²) in [6.45, 7) is 4.77. The van der Waals surface area contributed by atoms with Gasteiger partial charge in [-0.15, -0.1) is 0 Å². The maximum absolute atomic E-state index is 13.4. The average Bonchev–Trinajstić information content (AvgIpc) is 3.14. The summed E-state index contributed by atoms with van der Waals surface area (Å²) in [5.41, 5.74) is 2.47. The molecule has 0 unspecified atom stereocenters. The molecule has 2 aliphatic heterocycles. The van der Waals surface area contributed by atoms with Crippen molar-refractivity contribution in [3.8, 4) is 0 Å². The summed E-state index contributed by atoms with van der Waals surface area (Å²) in [5, 5.41) is 0. The summed E-state index contributed by atoms with van der Waals surface area (Å²) in [5.74, 6) is -0.246. The van der Waals surface area contributed by atoms with Gasteiger partial charge in [-0.2, -0.15) is 4.72 Å². The van der Waals surface area contributed by atoms with Crippen LogP contribution in [0.5, 0.6) is 0 Å². The van der Waals surface area contributed by atoms with Crippen LogP contribution in [0, 0.1) is 0 Å². The summed E-state index contributed by atoms with van der Waals surface area (Å²) in [4.78, 5) is 28.9. The van der Waals surface area contributed by atoms with Gasteiger partial charge in [0, 0.05) is 31.7 Å². The van der Waals surface area contributed by atoms with Gasteiger partial charge in [-0.05, 0) is 68.4 Å². The van der Waals surface area contributed by atoms with Crippen LogP contribution in [0.15, 0.2) is 53.4 Å². The van der Waals surface area contributed by atoms with Crippen LogP contribution in [0.3, 0.4) is 0 Å². The molecule has 4 rings (SSSR count). The zero-order valence-corrected chi connectivity index (χ0v) is 20.0. The predicted molar refractivity (Wildman–Crippen MR) is 127 cm³/mol. The molecule has 0 radical (unpaired) electrons. The Labute approximate surface area is 195 Å². The highest BCUT2D eigenvalue weighted by Gasteiger charge is 2.33. The predicted octanol–water partition coefficient (Wildman–Crippen LogP) is 2.89. The highest BCUT2D eigenvalue weighted by Crippen LogP contribution is 2.34. The van der Waals surface area contributed by atoms with Gasteiger partial charge >= 0.3 is 0 Å². The van der Waals surface area contributed by atoms with Crippen molar-refractivity contribution < 1.29 is 18.0 Å². The van der Waals surface area contributed by atoms with Crippen LogP contribution >= 0.6 is 0 Å². The molecule has 2 aromatic rings. The standard InChI is InChI=1S/C25H31N3O4S/c1-18-15-21-17-22(11-12-24(21)28(18)19(2)29)33(31,32)26-23(16-20-9-5-3-6-10-20)25(30)27-13-7-4-8-14-27/h3,5-6,9-12,17-18,23,26H,4,7-8,13-16H2,1-2H3/t18-,23-/m0/s1. The molecule has 2 heterocycles. The third-order valence-electron chi connectivity index (χ3n) is 6.46. The molecule has 176 valence electrons. The molecule has 8 heteroatoms. The smallest absolute Gasteiger partial charge is 0.241 e. The zero-order valence-electron chi connectivity index (χ0n) is 19.2. The lowest BCUT2D eigenvalue weighted by molar-refractivity contribution is -0.133. The van der Waals surface area contributed by atoms with Crippen LogP contribution < -0.4 is 9.62 Å². The highest BCUT2D eigenvalue weighted by molar-refractivity contribution is 7.89. The Bertz CT molecular complexity index is 1130. The average molecular weight is 470 g/mol. The summed E-state index contributed by atoms with van der Waals surface area (Å²) in [6, 6.07) is 13.4. The molecule has 1 fully saturated rings. The van der Waals surface area contributed by atoms with Crippen molar-refractivity contribution in [2.45, 2.75) is 62.9 Å². The van der Waals surface area contributed by atoms with E-state index in [1.165, 1.54) is 13.0 Å². The van der Waals surface area contributed by atoms with Crippen molar-refractivity contribution in [1.29, 1.82) is 0 Å². The molecular weight excluding hydrogens is 438 g/mol. The first-order chi connectivity index (χ1) is 15.8. The second-order valence-electron chi connectivity index (χ2n) is 8.98. The third kappa shape index (κ3) is 5.12. The molecule has 0 aliphatic carbocycles. The van der Waals surface area contributed by atoms with Crippen molar-refractivity contribution in [1.82, 2.24) is 9.62 Å². The maximum atomic E-state index is 13.4. The molecule has 7 nitrogen and oxygen atoms in total. The Morgan fingerprint density at radius 2 is 1.76 bits per heavy atom. The lowest BCUT2D eigenvalue weighted by atomic mass is 10.0. The van der Waals surface area contributed by atoms with Crippen LogP contribution in [0.4, 0.5) is 5.69 Å². The fourth-order valence-electron chi connectivity index (χ4n) is 4.87. The minimum atomic E-state index is -3.94. The molecule has 33 heavy (non-hydrogen) atoms. The number of hydrogen-bond donors (Lipinski definition) is 1. The topological polar surface area (TPSA) is 86.8 Å². The van der Waals surface area contributed by atoms with E-state index < -0.39 is 16.1 Å². The van der Waals surface area contributed by atoms with Crippen LogP contribution in [0.1, 0.15) is 44.2 Å². The van der Waals surface area contributed by atoms with Crippen molar-refractivity contribution in [3.63, 3.8) is 0 Å². The number of amides is 2. The van der Waals surface area contributed by atoms with E-state index in [9.17, 15) is 18.0 Å². The summed E-state index contributed by atoms with van der Waals surface area (Å²) < 4.78 is 29.4. The number of sulfonamides is 1. The SMILES string of the molecule is CC(=O)N1c2ccc(S(=O)(=O)N[C@@H](Cc3ccccc3)C(=O)N3CCCCC3)cc2C[C@@H]1C. The number of carbonyl (C=O) groups excluding carboxylic acids is 2. The fourth-order valence-corrected chi connectivity index (χ4v) is 6.11. The number of piperidine rings is 1. The first kappa shape index (κ1) is 23.4. The minimum absolute atomic E-state index is 0.0186. The molecule has 2 aliphatic rings. The summed E-state index contributed by atoms with van der Waals surface area (Å²) in [7, 11) is -3.94. The van der Waals surface area contributed by atoms with Crippen molar-refractivity contribution in [2.75, 3.05) is 18.0 Å². The van der Waals surface area contributed by atoms with E-state index in [0.717, 1.165) is 36.1 Å². The second-order valence-corrected chi connectivity index (χ2v) is 10.7. The lowest BCUT2D eigenvalue weighted by Crippen LogP contribution is -2.50. The van der Waals surface area contributed by atoms with E-state index in [-0.39, 0.29) is 29.2 Å².